The maximum absolute atomic E-state index is 12.1. The number of imidazole rings is 1. The summed E-state index contributed by atoms with van der Waals surface area (Å²) in [6.45, 7) is 5.99. The molecule has 2 atom stereocenters. The number of carbonyl (C=O) groups excluding carboxylic acids is 1. The maximum atomic E-state index is 12.1. The van der Waals surface area contributed by atoms with E-state index in [4.69, 9.17) is 16.3 Å². The number of cyclic esters (lactones) is 1. The van der Waals surface area contributed by atoms with E-state index in [1.807, 2.05) is 13.8 Å². The van der Waals surface area contributed by atoms with Gasteiger partial charge in [0.05, 0.1) is 24.0 Å². The van der Waals surface area contributed by atoms with Gasteiger partial charge in [0.25, 0.3) is 0 Å². The van der Waals surface area contributed by atoms with Crippen LogP contribution in [-0.2, 0) is 4.74 Å². The number of hydrogen-bond donors (Lipinski definition) is 1. The van der Waals surface area contributed by atoms with E-state index < -0.39 is 6.09 Å². The van der Waals surface area contributed by atoms with Gasteiger partial charge in [-0.3, -0.25) is 0 Å². The van der Waals surface area contributed by atoms with Crippen molar-refractivity contribution in [1.29, 1.82) is 0 Å². The summed E-state index contributed by atoms with van der Waals surface area (Å²) < 4.78 is 6.80. The van der Waals surface area contributed by atoms with Crippen molar-refractivity contribution in [3.63, 3.8) is 0 Å². The van der Waals surface area contributed by atoms with Crippen LogP contribution in [0, 0.1) is 6.92 Å². The number of amides is 1. The van der Waals surface area contributed by atoms with E-state index >= 15 is 0 Å². The van der Waals surface area contributed by atoms with Gasteiger partial charge in [0.2, 0.25) is 11.9 Å². The third-order valence-electron chi connectivity index (χ3n) is 4.53. The topological polar surface area (TPSA) is 110 Å². The number of fused-ring (bicyclic) bond motifs is 1. The first-order valence-corrected chi connectivity index (χ1v) is 9.29. The van der Waals surface area contributed by atoms with Crippen molar-refractivity contribution < 1.29 is 9.53 Å². The molecule has 146 valence electrons. The van der Waals surface area contributed by atoms with E-state index in [9.17, 15) is 4.79 Å². The average Bonchev–Trinajstić information content (AvgIpc) is 3.23. The van der Waals surface area contributed by atoms with Crippen molar-refractivity contribution in [2.24, 2.45) is 0 Å². The predicted octanol–water partition coefficient (Wildman–Crippen LogP) is 2.78. The Kier molecular flexibility index (Phi) is 4.71. The smallest absolute Gasteiger partial charge is 0.417 e. The van der Waals surface area contributed by atoms with Crippen molar-refractivity contribution in [3.05, 3.63) is 35.0 Å². The summed E-state index contributed by atoms with van der Waals surface area (Å²) in [5, 5.41) is 7.88. The predicted molar refractivity (Wildman–Crippen MR) is 103 cm³/mol. The summed E-state index contributed by atoms with van der Waals surface area (Å²) in [4.78, 5) is 31.0. The van der Waals surface area contributed by atoms with Crippen LogP contribution in [0.3, 0.4) is 0 Å². The first kappa shape index (κ1) is 18.4. The second-order valence-corrected chi connectivity index (χ2v) is 6.88. The molecule has 1 aliphatic rings. The van der Waals surface area contributed by atoms with Crippen LogP contribution in [0.2, 0.25) is 5.15 Å². The number of rotatable bonds is 5. The van der Waals surface area contributed by atoms with Gasteiger partial charge < -0.3 is 10.1 Å². The summed E-state index contributed by atoms with van der Waals surface area (Å²) in [5.74, 6) is 1.12. The van der Waals surface area contributed by atoms with Gasteiger partial charge in [-0.25, -0.2) is 19.2 Å². The molecule has 11 heteroatoms. The molecule has 0 bridgehead atoms. The average molecular weight is 403 g/mol. The van der Waals surface area contributed by atoms with Gasteiger partial charge >= 0.3 is 6.09 Å². The normalized spacial score (nSPS) is 17.8. The molecular formula is C17H19ClN8O2. The Hall–Kier alpha value is -3.01. The van der Waals surface area contributed by atoms with Crippen LogP contribution in [0.4, 0.5) is 16.7 Å². The molecule has 0 saturated carbocycles. The highest BCUT2D eigenvalue weighted by Gasteiger charge is 2.35. The Balaban J connectivity index is 1.63. The van der Waals surface area contributed by atoms with Gasteiger partial charge in [-0.15, -0.1) is 0 Å². The Morgan fingerprint density at radius 3 is 2.96 bits per heavy atom. The zero-order valence-electron chi connectivity index (χ0n) is 15.6. The molecule has 0 radical (unpaired) electrons. The third-order valence-corrected chi connectivity index (χ3v) is 4.73. The SMILES string of the molecule is CCC1COC(=O)N1c1nc(C)nc(N[C@@H](C)c2cnc3ccc(Cl)nn23)n1. The molecule has 3 aromatic rings. The van der Waals surface area contributed by atoms with Crippen LogP contribution in [0.5, 0.6) is 0 Å². The Morgan fingerprint density at radius 1 is 1.36 bits per heavy atom. The van der Waals surface area contributed by atoms with Crippen molar-refractivity contribution in [2.75, 3.05) is 16.8 Å². The molecule has 1 amide bonds. The van der Waals surface area contributed by atoms with E-state index in [2.05, 4.69) is 30.4 Å². The van der Waals surface area contributed by atoms with E-state index in [0.717, 1.165) is 12.1 Å². The lowest BCUT2D eigenvalue weighted by Crippen LogP contribution is -2.34. The molecule has 1 N–H and O–H groups in total. The van der Waals surface area contributed by atoms with E-state index in [1.165, 1.54) is 4.90 Å². The number of ether oxygens (including phenoxy) is 1. The van der Waals surface area contributed by atoms with Crippen molar-refractivity contribution in [2.45, 2.75) is 39.3 Å². The molecule has 4 heterocycles. The molecule has 0 spiro atoms. The lowest BCUT2D eigenvalue weighted by molar-refractivity contribution is 0.178. The van der Waals surface area contributed by atoms with E-state index in [0.29, 0.717) is 29.2 Å². The molecule has 1 unspecified atom stereocenters. The van der Waals surface area contributed by atoms with E-state index in [1.54, 1.807) is 29.8 Å². The summed E-state index contributed by atoms with van der Waals surface area (Å²) >= 11 is 6.01. The molecule has 0 aromatic carbocycles. The molecule has 1 aliphatic heterocycles. The zero-order valence-corrected chi connectivity index (χ0v) is 16.4. The molecule has 28 heavy (non-hydrogen) atoms. The Labute approximate surface area is 165 Å². The number of carbonyl (C=O) groups is 1. The fourth-order valence-corrected chi connectivity index (χ4v) is 3.22. The second kappa shape index (κ2) is 7.19. The third kappa shape index (κ3) is 3.31. The van der Waals surface area contributed by atoms with Crippen molar-refractivity contribution in [1.82, 2.24) is 29.5 Å². The first-order valence-electron chi connectivity index (χ1n) is 8.91. The summed E-state index contributed by atoms with van der Waals surface area (Å²) in [5.41, 5.74) is 1.48. The van der Waals surface area contributed by atoms with Gasteiger partial charge in [0, 0.05) is 0 Å². The lowest BCUT2D eigenvalue weighted by atomic mass is 10.2. The van der Waals surface area contributed by atoms with Crippen LogP contribution in [-0.4, -0.2) is 48.3 Å². The minimum atomic E-state index is -0.447. The monoisotopic (exact) mass is 402 g/mol. The van der Waals surface area contributed by atoms with Crippen molar-refractivity contribution >= 4 is 35.2 Å². The van der Waals surface area contributed by atoms with Gasteiger partial charge in [-0.1, -0.05) is 18.5 Å². The summed E-state index contributed by atoms with van der Waals surface area (Å²) in [6, 6.07) is 3.17. The first-order chi connectivity index (χ1) is 13.5. The molecule has 1 fully saturated rings. The number of nitrogens with one attached hydrogen (secondary N) is 1. The standard InChI is InChI=1S/C17H19ClN8O2/c1-4-11-8-28-17(27)25(11)16-22-10(3)21-15(23-16)20-9(2)12-7-19-14-6-5-13(18)24-26(12)14/h5-7,9,11H,4,8H2,1-3H3,(H,20,21,22,23)/t9-,11?/m0/s1. The quantitative estimate of drug-likeness (QED) is 0.693. The molecule has 3 aromatic heterocycles. The molecule has 1 saturated heterocycles. The minimum Gasteiger partial charge on any atom is -0.447 e. The van der Waals surface area contributed by atoms with Crippen LogP contribution >= 0.6 is 11.6 Å². The van der Waals surface area contributed by atoms with Crippen LogP contribution in [0.1, 0.15) is 37.8 Å². The van der Waals surface area contributed by atoms with Gasteiger partial charge in [-0.05, 0) is 32.4 Å². The maximum Gasteiger partial charge on any atom is 0.417 e. The van der Waals surface area contributed by atoms with Crippen molar-refractivity contribution in [3.8, 4) is 0 Å². The number of aromatic nitrogens is 6. The number of halogens is 1. The fourth-order valence-electron chi connectivity index (χ4n) is 3.08. The summed E-state index contributed by atoms with van der Waals surface area (Å²) in [6.07, 6.45) is 2.01. The number of anilines is 2. The Morgan fingerprint density at radius 2 is 2.18 bits per heavy atom. The summed E-state index contributed by atoms with van der Waals surface area (Å²) in [7, 11) is 0. The number of nitrogens with zero attached hydrogens (tertiary/aromatic N) is 7. The second-order valence-electron chi connectivity index (χ2n) is 6.49. The number of hydrogen-bond acceptors (Lipinski definition) is 8. The van der Waals surface area contributed by atoms with E-state index in [-0.39, 0.29) is 18.0 Å². The molecule has 4 rings (SSSR count). The minimum absolute atomic E-state index is 0.0929. The fraction of sp³-hybridized carbons (Fsp3) is 0.412. The highest BCUT2D eigenvalue weighted by molar-refractivity contribution is 6.29. The van der Waals surface area contributed by atoms with Crippen LogP contribution < -0.4 is 10.2 Å². The lowest BCUT2D eigenvalue weighted by Gasteiger charge is -2.19. The van der Waals surface area contributed by atoms with Gasteiger partial charge in [0.1, 0.15) is 17.6 Å². The highest BCUT2D eigenvalue weighted by atomic mass is 35.5. The van der Waals surface area contributed by atoms with Gasteiger partial charge in [-0.2, -0.15) is 20.1 Å². The zero-order chi connectivity index (χ0) is 19.8. The Bertz CT molecular complexity index is 1040. The van der Waals surface area contributed by atoms with Crippen LogP contribution in [0.25, 0.3) is 5.65 Å². The van der Waals surface area contributed by atoms with Crippen LogP contribution in [0.15, 0.2) is 18.3 Å². The largest absolute Gasteiger partial charge is 0.447 e. The highest BCUT2D eigenvalue weighted by Crippen LogP contribution is 2.24. The number of aryl methyl sites for hydroxylation is 1. The molecular weight excluding hydrogens is 384 g/mol. The molecule has 10 nitrogen and oxygen atoms in total. The molecule has 0 aliphatic carbocycles. The van der Waals surface area contributed by atoms with Gasteiger partial charge in [0.15, 0.2) is 5.65 Å².